The fourth-order valence-corrected chi connectivity index (χ4v) is 5.95. The van der Waals surface area contributed by atoms with Crippen molar-refractivity contribution in [3.8, 4) is 0 Å². The van der Waals surface area contributed by atoms with Crippen LogP contribution in [0.4, 0.5) is 0 Å². The van der Waals surface area contributed by atoms with Crippen molar-refractivity contribution in [3.63, 3.8) is 0 Å². The molecule has 2 fully saturated rings. The molecule has 9 atom stereocenters. The molecule has 2 aliphatic heterocycles. The van der Waals surface area contributed by atoms with E-state index in [1.54, 1.807) is 6.08 Å². The predicted molar refractivity (Wildman–Crippen MR) is 158 cm³/mol. The fraction of sp³-hybridized carbons (Fsp3) is 0.606. The van der Waals surface area contributed by atoms with E-state index in [1.165, 1.54) is 13.0 Å². The molecule has 0 spiro atoms. The molecule has 0 saturated carbocycles. The average molecular weight is 603 g/mol. The zero-order valence-corrected chi connectivity index (χ0v) is 25.7. The number of allylic oxidation sites excluding steroid dienone is 1. The van der Waals surface area contributed by atoms with Crippen LogP contribution in [0.25, 0.3) is 0 Å². The van der Waals surface area contributed by atoms with Crippen LogP contribution in [0.1, 0.15) is 65.9 Å². The number of rotatable bonds is 15. The van der Waals surface area contributed by atoms with Crippen LogP contribution in [0.3, 0.4) is 0 Å². The maximum atomic E-state index is 12.8. The highest BCUT2D eigenvalue weighted by atomic mass is 16.8. The topological polar surface area (TPSA) is 149 Å². The van der Waals surface area contributed by atoms with Crippen LogP contribution >= 0.6 is 0 Å². The number of hydrogen-bond acceptors (Lipinski definition) is 9. The SMILES string of the molecule is C=C(CCC12OC[C@@H](O)C(C(=O)O)(O1)[C@H](OC(=O)/C=C/[C@@H](C)C[C@@H](C)CC)[C@H]2O)[C@@H](OC(C)=O)[C@H](C)Cc1ccccc1. The number of carbonyl (C=O) groups excluding carboxylic acids is 2. The molecule has 0 radical (unpaired) electrons. The molecule has 1 aromatic carbocycles. The van der Waals surface area contributed by atoms with Crippen molar-refractivity contribution in [3.05, 3.63) is 60.2 Å². The summed E-state index contributed by atoms with van der Waals surface area (Å²) in [6, 6.07) is 9.71. The van der Waals surface area contributed by atoms with E-state index in [4.69, 9.17) is 18.9 Å². The molecule has 2 aliphatic rings. The highest BCUT2D eigenvalue weighted by molar-refractivity contribution is 5.85. The minimum absolute atomic E-state index is 0.0700. The Bertz CT molecular complexity index is 1170. The molecule has 0 amide bonds. The van der Waals surface area contributed by atoms with Gasteiger partial charge >= 0.3 is 17.9 Å². The molecule has 238 valence electrons. The smallest absolute Gasteiger partial charge is 0.343 e. The predicted octanol–water partition coefficient (Wildman–Crippen LogP) is 3.98. The third kappa shape index (κ3) is 7.92. The maximum Gasteiger partial charge on any atom is 0.343 e. The maximum absolute atomic E-state index is 12.8. The summed E-state index contributed by atoms with van der Waals surface area (Å²) >= 11 is 0. The van der Waals surface area contributed by atoms with Crippen LogP contribution in [0.15, 0.2) is 54.6 Å². The first-order chi connectivity index (χ1) is 20.3. The number of aliphatic hydroxyl groups is 2. The summed E-state index contributed by atoms with van der Waals surface area (Å²) < 4.78 is 22.7. The van der Waals surface area contributed by atoms with Crippen LogP contribution in [-0.4, -0.2) is 75.6 Å². The van der Waals surface area contributed by atoms with Crippen molar-refractivity contribution in [1.82, 2.24) is 0 Å². The van der Waals surface area contributed by atoms with E-state index >= 15 is 0 Å². The monoisotopic (exact) mass is 602 g/mol. The van der Waals surface area contributed by atoms with Gasteiger partial charge in [-0.2, -0.15) is 0 Å². The van der Waals surface area contributed by atoms with Crippen LogP contribution < -0.4 is 0 Å². The lowest BCUT2D eigenvalue weighted by atomic mass is 9.87. The zero-order valence-electron chi connectivity index (χ0n) is 25.7. The largest absolute Gasteiger partial charge is 0.479 e. The van der Waals surface area contributed by atoms with E-state index in [9.17, 15) is 29.7 Å². The zero-order chi connectivity index (χ0) is 31.9. The summed E-state index contributed by atoms with van der Waals surface area (Å²) in [6.07, 6.45) is -0.529. The van der Waals surface area contributed by atoms with E-state index in [-0.39, 0.29) is 24.7 Å². The van der Waals surface area contributed by atoms with Crippen LogP contribution in [-0.2, 0) is 39.8 Å². The van der Waals surface area contributed by atoms with Gasteiger partial charge in [-0.05, 0) is 42.2 Å². The Kier molecular flexibility index (Phi) is 11.7. The lowest BCUT2D eigenvalue weighted by molar-refractivity contribution is -0.333. The summed E-state index contributed by atoms with van der Waals surface area (Å²) in [5.74, 6) is -4.48. The van der Waals surface area contributed by atoms with Crippen molar-refractivity contribution < 1.29 is 48.7 Å². The number of ether oxygens (including phenoxy) is 4. The van der Waals surface area contributed by atoms with E-state index < -0.39 is 60.3 Å². The molecule has 43 heavy (non-hydrogen) atoms. The van der Waals surface area contributed by atoms with Gasteiger partial charge in [-0.1, -0.05) is 77.1 Å². The first kappa shape index (κ1) is 34.4. The van der Waals surface area contributed by atoms with Crippen molar-refractivity contribution in [2.75, 3.05) is 6.61 Å². The Morgan fingerprint density at radius 1 is 1.16 bits per heavy atom. The van der Waals surface area contributed by atoms with Gasteiger partial charge in [-0.25, -0.2) is 9.59 Å². The Morgan fingerprint density at radius 2 is 1.84 bits per heavy atom. The molecule has 3 N–H and O–H groups in total. The minimum Gasteiger partial charge on any atom is -0.479 e. The highest BCUT2D eigenvalue weighted by Crippen LogP contribution is 2.49. The molecular formula is C33H46O10. The fourth-order valence-electron chi connectivity index (χ4n) is 5.95. The van der Waals surface area contributed by atoms with Gasteiger partial charge in [0, 0.05) is 25.3 Å². The lowest BCUT2D eigenvalue weighted by Crippen LogP contribution is -2.62. The molecule has 10 heteroatoms. The summed E-state index contributed by atoms with van der Waals surface area (Å²) in [4.78, 5) is 37.3. The Hall–Kier alpha value is -3.05. The molecule has 3 rings (SSSR count). The van der Waals surface area contributed by atoms with Crippen molar-refractivity contribution in [2.24, 2.45) is 17.8 Å². The first-order valence-corrected chi connectivity index (χ1v) is 15.0. The molecular weight excluding hydrogens is 556 g/mol. The van der Waals surface area contributed by atoms with Gasteiger partial charge in [-0.3, -0.25) is 4.79 Å². The second-order valence-electron chi connectivity index (χ2n) is 12.1. The third-order valence-corrected chi connectivity index (χ3v) is 8.50. The highest BCUT2D eigenvalue weighted by Gasteiger charge is 2.74. The Labute approximate surface area is 253 Å². The molecule has 2 saturated heterocycles. The number of carboxylic acid groups (broad SMARTS) is 1. The van der Waals surface area contributed by atoms with Gasteiger partial charge < -0.3 is 34.3 Å². The number of aliphatic carboxylic acids is 1. The first-order valence-electron chi connectivity index (χ1n) is 15.0. The summed E-state index contributed by atoms with van der Waals surface area (Å²) in [7, 11) is 0. The van der Waals surface area contributed by atoms with Gasteiger partial charge in [0.15, 0.2) is 11.9 Å². The molecule has 2 heterocycles. The quantitative estimate of drug-likeness (QED) is 0.153. The normalized spacial score (nSPS) is 29.4. The van der Waals surface area contributed by atoms with Crippen LogP contribution in [0, 0.1) is 17.8 Å². The van der Waals surface area contributed by atoms with Crippen molar-refractivity contribution >= 4 is 17.9 Å². The van der Waals surface area contributed by atoms with Gasteiger partial charge in [0.2, 0.25) is 5.60 Å². The Morgan fingerprint density at radius 3 is 2.44 bits per heavy atom. The van der Waals surface area contributed by atoms with E-state index in [1.807, 2.05) is 44.2 Å². The lowest BCUT2D eigenvalue weighted by Gasteiger charge is -2.41. The van der Waals surface area contributed by atoms with Gasteiger partial charge in [0.05, 0.1) is 6.61 Å². The molecule has 10 nitrogen and oxygen atoms in total. The summed E-state index contributed by atoms with van der Waals surface area (Å²) in [5.41, 5.74) is -0.879. The molecule has 0 aromatic heterocycles. The second-order valence-corrected chi connectivity index (χ2v) is 12.1. The van der Waals surface area contributed by atoms with E-state index in [0.717, 1.165) is 18.4 Å². The molecule has 1 aromatic rings. The number of esters is 2. The summed E-state index contributed by atoms with van der Waals surface area (Å²) in [6.45, 7) is 13.1. The van der Waals surface area contributed by atoms with Crippen LogP contribution in [0.2, 0.25) is 0 Å². The Balaban J connectivity index is 1.78. The van der Waals surface area contributed by atoms with Crippen LogP contribution in [0.5, 0.6) is 0 Å². The number of carboxylic acids is 1. The van der Waals surface area contributed by atoms with Gasteiger partial charge in [0.25, 0.3) is 0 Å². The number of aliphatic hydroxyl groups excluding tert-OH is 2. The third-order valence-electron chi connectivity index (χ3n) is 8.50. The molecule has 0 aliphatic carbocycles. The molecule has 2 bridgehead atoms. The van der Waals surface area contributed by atoms with E-state index in [0.29, 0.717) is 17.9 Å². The van der Waals surface area contributed by atoms with Crippen molar-refractivity contribution in [2.45, 2.75) is 103 Å². The number of carbonyl (C=O) groups is 3. The van der Waals surface area contributed by atoms with Crippen molar-refractivity contribution in [1.29, 1.82) is 0 Å². The summed E-state index contributed by atoms with van der Waals surface area (Å²) in [5, 5.41) is 32.3. The number of fused-ring (bicyclic) bond motifs is 2. The number of hydrogen-bond donors (Lipinski definition) is 3. The van der Waals surface area contributed by atoms with Gasteiger partial charge in [-0.15, -0.1) is 0 Å². The number of benzene rings is 1. The standard InChI is InChI=1S/C33H46O10/c1-7-20(2)17-21(3)13-14-27(36)42-30-29(37)32(40-19-26(35)33(30,43-32)31(38)39)16-15-22(4)28(41-24(6)34)23(5)18-25-11-9-8-10-12-25/h8-14,20-21,23,26,28-30,35,37H,4,7,15-19H2,1-3,5-6H3,(H,38,39)/b14-13+/t20-,21+,23+,26+,28+,29+,30+,32?,33?/m0/s1. The average Bonchev–Trinajstić information content (AvgIpc) is 3.17. The van der Waals surface area contributed by atoms with Gasteiger partial charge in [0.1, 0.15) is 18.3 Å². The molecule has 2 unspecified atom stereocenters. The van der Waals surface area contributed by atoms with E-state index in [2.05, 4.69) is 20.4 Å². The second kappa shape index (κ2) is 14.6. The minimum atomic E-state index is -2.44.